The summed E-state index contributed by atoms with van der Waals surface area (Å²) < 4.78 is 28.9. The van der Waals surface area contributed by atoms with Gasteiger partial charge in [-0.2, -0.15) is 8.42 Å². The van der Waals surface area contributed by atoms with Crippen LogP contribution in [-0.4, -0.2) is 37.9 Å². The first kappa shape index (κ1) is 16.2. The van der Waals surface area contributed by atoms with Crippen LogP contribution in [0.25, 0.3) is 0 Å². The van der Waals surface area contributed by atoms with Crippen LogP contribution < -0.4 is 5.32 Å². The van der Waals surface area contributed by atoms with Crippen molar-refractivity contribution in [2.75, 3.05) is 13.6 Å². The summed E-state index contributed by atoms with van der Waals surface area (Å²) >= 11 is 0. The zero-order valence-electron chi connectivity index (χ0n) is 12.8. The highest BCUT2D eigenvalue weighted by atomic mass is 32.2. The predicted molar refractivity (Wildman–Crippen MR) is 85.8 cm³/mol. The van der Waals surface area contributed by atoms with Crippen molar-refractivity contribution in [1.82, 2.24) is 9.62 Å². The summed E-state index contributed by atoms with van der Waals surface area (Å²) in [4.78, 5) is 12.1. The summed E-state index contributed by atoms with van der Waals surface area (Å²) in [5.41, 5.74) is 2.05. The highest BCUT2D eigenvalue weighted by Crippen LogP contribution is 2.19. The van der Waals surface area contributed by atoms with Crippen molar-refractivity contribution in [2.24, 2.45) is 4.40 Å². The summed E-state index contributed by atoms with van der Waals surface area (Å²) in [5.74, 6) is -0.424. The molecule has 1 aromatic carbocycles. The molecule has 0 atom stereocenters. The molecular formula is C15H19N3O3S. The van der Waals surface area contributed by atoms with Gasteiger partial charge in [-0.1, -0.05) is 36.8 Å². The van der Waals surface area contributed by atoms with Gasteiger partial charge in [-0.15, -0.1) is 4.40 Å². The average Bonchev–Trinajstić information content (AvgIpc) is 2.48. The minimum atomic E-state index is -3.90. The number of benzene rings is 1. The van der Waals surface area contributed by atoms with Gasteiger partial charge in [0.1, 0.15) is 5.70 Å². The highest BCUT2D eigenvalue weighted by Gasteiger charge is 2.29. The van der Waals surface area contributed by atoms with Crippen LogP contribution in [0, 0.1) is 6.92 Å². The van der Waals surface area contributed by atoms with E-state index in [-0.39, 0.29) is 11.4 Å². The lowest BCUT2D eigenvalue weighted by Gasteiger charge is -2.23. The molecule has 0 aliphatic carbocycles. The van der Waals surface area contributed by atoms with E-state index >= 15 is 0 Å². The third-order valence-corrected chi connectivity index (χ3v) is 4.60. The second-order valence-corrected chi connectivity index (χ2v) is 6.70. The molecule has 2 rings (SSSR count). The maximum absolute atomic E-state index is 12.1. The average molecular weight is 321 g/mol. The molecule has 1 aliphatic heterocycles. The number of amides is 1. The summed E-state index contributed by atoms with van der Waals surface area (Å²) in [7, 11) is -2.57. The van der Waals surface area contributed by atoms with E-state index in [1.807, 2.05) is 26.0 Å². The smallest absolute Gasteiger partial charge is 0.345 e. The normalized spacial score (nSPS) is 16.8. The van der Waals surface area contributed by atoms with Crippen molar-refractivity contribution in [3.8, 4) is 0 Å². The molecule has 0 unspecified atom stereocenters. The number of likely N-dealkylation sites (N-methyl/N-ethyl adjacent to an activating group) is 1. The summed E-state index contributed by atoms with van der Waals surface area (Å²) in [6.45, 7) is 4.35. The van der Waals surface area contributed by atoms with Gasteiger partial charge in [0.25, 0.3) is 5.91 Å². The van der Waals surface area contributed by atoms with Crippen LogP contribution in [0.5, 0.6) is 0 Å². The number of carbonyl (C=O) groups is 1. The molecular weight excluding hydrogens is 302 g/mol. The SMILES string of the molecule is CCCNC(=O)C1=CC(c2ccc(C)cc2)=NS(=O)(=O)N1C. The molecule has 7 heteroatoms. The maximum atomic E-state index is 12.1. The number of rotatable bonds is 4. The Labute approximate surface area is 130 Å². The van der Waals surface area contributed by atoms with Crippen LogP contribution in [0.4, 0.5) is 0 Å². The van der Waals surface area contributed by atoms with Crippen molar-refractivity contribution < 1.29 is 13.2 Å². The Bertz CT molecular complexity index is 734. The number of hydrogen-bond donors (Lipinski definition) is 1. The Morgan fingerprint density at radius 2 is 1.91 bits per heavy atom. The van der Waals surface area contributed by atoms with Gasteiger partial charge < -0.3 is 5.32 Å². The minimum absolute atomic E-state index is 0.0685. The third-order valence-electron chi connectivity index (χ3n) is 3.29. The molecule has 1 heterocycles. The number of hydrogen-bond acceptors (Lipinski definition) is 3. The number of allylic oxidation sites excluding steroid dienone is 1. The van der Waals surface area contributed by atoms with Crippen LogP contribution in [0.15, 0.2) is 40.4 Å². The quantitative estimate of drug-likeness (QED) is 0.910. The van der Waals surface area contributed by atoms with E-state index in [2.05, 4.69) is 9.71 Å². The molecule has 0 saturated carbocycles. The number of carbonyl (C=O) groups excluding carboxylic acids is 1. The first-order chi connectivity index (χ1) is 10.3. The zero-order chi connectivity index (χ0) is 16.3. The molecule has 0 radical (unpaired) electrons. The number of aryl methyl sites for hydroxylation is 1. The summed E-state index contributed by atoms with van der Waals surface area (Å²) in [5, 5.41) is 2.68. The Hall–Kier alpha value is -2.15. The van der Waals surface area contributed by atoms with Crippen molar-refractivity contribution in [2.45, 2.75) is 20.3 Å². The number of nitrogens with zero attached hydrogens (tertiary/aromatic N) is 2. The van der Waals surface area contributed by atoms with E-state index < -0.39 is 16.1 Å². The Kier molecular flexibility index (Phi) is 4.65. The molecule has 0 saturated heterocycles. The van der Waals surface area contributed by atoms with Gasteiger partial charge in [0.2, 0.25) is 0 Å². The fraction of sp³-hybridized carbons (Fsp3) is 0.333. The molecule has 1 aliphatic rings. The van der Waals surface area contributed by atoms with E-state index in [9.17, 15) is 13.2 Å². The first-order valence-electron chi connectivity index (χ1n) is 7.01. The zero-order valence-corrected chi connectivity index (χ0v) is 13.6. The second-order valence-electron chi connectivity index (χ2n) is 5.07. The van der Waals surface area contributed by atoms with Gasteiger partial charge in [-0.25, -0.2) is 4.31 Å². The van der Waals surface area contributed by atoms with Gasteiger partial charge in [-0.05, 0) is 19.4 Å². The predicted octanol–water partition coefficient (Wildman–Crippen LogP) is 1.38. The highest BCUT2D eigenvalue weighted by molar-refractivity contribution is 7.88. The van der Waals surface area contributed by atoms with Crippen molar-refractivity contribution >= 4 is 21.8 Å². The largest absolute Gasteiger partial charge is 0.351 e. The fourth-order valence-corrected chi connectivity index (χ4v) is 2.87. The molecule has 0 aromatic heterocycles. The summed E-state index contributed by atoms with van der Waals surface area (Å²) in [6.07, 6.45) is 2.27. The molecule has 0 fully saturated rings. The van der Waals surface area contributed by atoms with E-state index in [0.29, 0.717) is 12.1 Å². The molecule has 0 bridgehead atoms. The van der Waals surface area contributed by atoms with E-state index in [0.717, 1.165) is 16.3 Å². The topological polar surface area (TPSA) is 78.8 Å². The molecule has 22 heavy (non-hydrogen) atoms. The molecule has 0 spiro atoms. The van der Waals surface area contributed by atoms with Crippen molar-refractivity contribution in [1.29, 1.82) is 0 Å². The van der Waals surface area contributed by atoms with Crippen LogP contribution in [0.3, 0.4) is 0 Å². The molecule has 118 valence electrons. The minimum Gasteiger partial charge on any atom is -0.351 e. The molecule has 1 amide bonds. The Morgan fingerprint density at radius 1 is 1.27 bits per heavy atom. The Balaban J connectivity index is 2.43. The van der Waals surface area contributed by atoms with Gasteiger partial charge in [0.15, 0.2) is 0 Å². The van der Waals surface area contributed by atoms with Gasteiger partial charge in [0.05, 0.1) is 5.71 Å². The van der Waals surface area contributed by atoms with Crippen LogP contribution in [0.2, 0.25) is 0 Å². The monoisotopic (exact) mass is 321 g/mol. The first-order valence-corrected chi connectivity index (χ1v) is 8.40. The lowest BCUT2D eigenvalue weighted by molar-refractivity contribution is -0.118. The second kappa shape index (κ2) is 6.31. The molecule has 6 nitrogen and oxygen atoms in total. The van der Waals surface area contributed by atoms with Gasteiger partial charge in [0, 0.05) is 19.2 Å². The molecule has 1 aromatic rings. The molecule has 1 N–H and O–H groups in total. The van der Waals surface area contributed by atoms with Crippen molar-refractivity contribution in [3.63, 3.8) is 0 Å². The summed E-state index contributed by atoms with van der Waals surface area (Å²) in [6, 6.07) is 7.31. The van der Waals surface area contributed by atoms with Crippen LogP contribution >= 0.6 is 0 Å². The lowest BCUT2D eigenvalue weighted by atomic mass is 10.1. The maximum Gasteiger partial charge on any atom is 0.345 e. The van der Waals surface area contributed by atoms with Crippen molar-refractivity contribution in [3.05, 3.63) is 47.2 Å². The standard InChI is InChI=1S/C15H19N3O3S/c1-4-9-16-15(19)14-10-13(17-22(20,21)18(14)3)12-7-5-11(2)6-8-12/h5-8,10H,4,9H2,1-3H3,(H,16,19). The third kappa shape index (κ3) is 3.36. The Morgan fingerprint density at radius 3 is 2.50 bits per heavy atom. The van der Waals surface area contributed by atoms with Crippen LogP contribution in [-0.2, 0) is 15.0 Å². The van der Waals surface area contributed by atoms with E-state index in [4.69, 9.17) is 0 Å². The lowest BCUT2D eigenvalue weighted by Crippen LogP contribution is -2.38. The van der Waals surface area contributed by atoms with E-state index in [1.165, 1.54) is 13.1 Å². The van der Waals surface area contributed by atoms with Gasteiger partial charge in [-0.3, -0.25) is 4.79 Å². The fourth-order valence-electron chi connectivity index (χ4n) is 1.95. The van der Waals surface area contributed by atoms with E-state index in [1.54, 1.807) is 12.1 Å². The van der Waals surface area contributed by atoms with Gasteiger partial charge >= 0.3 is 10.2 Å². The van der Waals surface area contributed by atoms with Crippen LogP contribution in [0.1, 0.15) is 24.5 Å². The number of nitrogens with one attached hydrogen (secondary N) is 1.